The van der Waals surface area contributed by atoms with Crippen molar-refractivity contribution in [3.63, 3.8) is 0 Å². The highest BCUT2D eigenvalue weighted by atomic mass is 16.5. The normalized spacial score (nSPS) is 12.1. The van der Waals surface area contributed by atoms with Gasteiger partial charge >= 0.3 is 0 Å². The minimum Gasteiger partial charge on any atom is -0.489 e. The topological polar surface area (TPSA) is 54.4 Å². The van der Waals surface area contributed by atoms with Crippen molar-refractivity contribution in [1.82, 2.24) is 10.3 Å². The molecule has 2 rings (SSSR count). The fourth-order valence-electron chi connectivity index (χ4n) is 1.95. The lowest BCUT2D eigenvalue weighted by Gasteiger charge is -2.14. The molecule has 0 saturated carbocycles. The Morgan fingerprint density at radius 2 is 1.81 bits per heavy atom. The molecule has 0 bridgehead atoms. The van der Waals surface area contributed by atoms with E-state index in [1.54, 1.807) is 12.4 Å². The molecule has 0 radical (unpaired) electrons. The zero-order valence-corrected chi connectivity index (χ0v) is 12.3. The van der Waals surface area contributed by atoms with Gasteiger partial charge in [0.05, 0.1) is 6.61 Å². The number of nitrogens with zero attached hydrogens (tertiary/aromatic N) is 1. The summed E-state index contributed by atoms with van der Waals surface area (Å²) < 4.78 is 5.73. The number of nitrogens with one attached hydrogen (secondary N) is 1. The van der Waals surface area contributed by atoms with Gasteiger partial charge < -0.3 is 15.2 Å². The SMILES string of the molecule is CC[C@@H](CO)NCc1ccc(OCc2ccncc2)cc1. The predicted octanol–water partition coefficient (Wildman–Crippen LogP) is 2.52. The summed E-state index contributed by atoms with van der Waals surface area (Å²) in [5, 5.41) is 12.5. The fraction of sp³-hybridized carbons (Fsp3) is 0.353. The molecule has 0 unspecified atom stereocenters. The number of aliphatic hydroxyl groups excluding tert-OH is 1. The minimum atomic E-state index is 0.160. The van der Waals surface area contributed by atoms with Crippen LogP contribution in [-0.2, 0) is 13.2 Å². The van der Waals surface area contributed by atoms with E-state index in [0.29, 0.717) is 6.61 Å². The molecule has 4 nitrogen and oxygen atoms in total. The Kier molecular flexibility index (Phi) is 6.19. The molecule has 1 atom stereocenters. The molecule has 112 valence electrons. The van der Waals surface area contributed by atoms with Gasteiger partial charge in [-0.1, -0.05) is 19.1 Å². The van der Waals surface area contributed by atoms with Crippen LogP contribution in [0.3, 0.4) is 0 Å². The average Bonchev–Trinajstić information content (AvgIpc) is 2.56. The number of aliphatic hydroxyl groups is 1. The second kappa shape index (κ2) is 8.39. The lowest BCUT2D eigenvalue weighted by atomic mass is 10.2. The standard InChI is InChI=1S/C17H22N2O2/c1-2-16(12-20)19-11-14-3-5-17(6-4-14)21-13-15-7-9-18-10-8-15/h3-10,16,19-20H,2,11-13H2,1H3/t16-/m0/s1. The van der Waals surface area contributed by atoms with Gasteiger partial charge in [-0.25, -0.2) is 0 Å². The third-order valence-corrected chi connectivity index (χ3v) is 3.39. The molecule has 1 heterocycles. The summed E-state index contributed by atoms with van der Waals surface area (Å²) >= 11 is 0. The Bertz CT molecular complexity index is 510. The van der Waals surface area contributed by atoms with Crippen LogP contribution in [0.1, 0.15) is 24.5 Å². The quantitative estimate of drug-likeness (QED) is 0.783. The van der Waals surface area contributed by atoms with Crippen molar-refractivity contribution < 1.29 is 9.84 Å². The molecule has 21 heavy (non-hydrogen) atoms. The van der Waals surface area contributed by atoms with Crippen LogP contribution in [-0.4, -0.2) is 22.7 Å². The van der Waals surface area contributed by atoms with Gasteiger partial charge in [-0.15, -0.1) is 0 Å². The highest BCUT2D eigenvalue weighted by molar-refractivity contribution is 5.27. The maximum absolute atomic E-state index is 9.14. The first-order chi connectivity index (χ1) is 10.3. The van der Waals surface area contributed by atoms with Gasteiger partial charge in [0.1, 0.15) is 12.4 Å². The Balaban J connectivity index is 1.81. The molecule has 0 aliphatic carbocycles. The number of rotatable bonds is 8. The van der Waals surface area contributed by atoms with E-state index in [9.17, 15) is 0 Å². The first-order valence-corrected chi connectivity index (χ1v) is 7.26. The highest BCUT2D eigenvalue weighted by Gasteiger charge is 2.03. The van der Waals surface area contributed by atoms with E-state index < -0.39 is 0 Å². The van der Waals surface area contributed by atoms with Crippen molar-refractivity contribution >= 4 is 0 Å². The van der Waals surface area contributed by atoms with E-state index in [0.717, 1.165) is 24.3 Å². The summed E-state index contributed by atoms with van der Waals surface area (Å²) in [5.74, 6) is 0.852. The van der Waals surface area contributed by atoms with E-state index in [-0.39, 0.29) is 12.6 Å². The van der Waals surface area contributed by atoms with E-state index >= 15 is 0 Å². The number of hydrogen-bond donors (Lipinski definition) is 2. The van der Waals surface area contributed by atoms with Crippen LogP contribution in [0.5, 0.6) is 5.75 Å². The van der Waals surface area contributed by atoms with Crippen LogP contribution >= 0.6 is 0 Å². The average molecular weight is 286 g/mol. The van der Waals surface area contributed by atoms with Gasteiger partial charge in [-0.05, 0) is 41.8 Å². The molecule has 0 aliphatic rings. The van der Waals surface area contributed by atoms with Crippen molar-refractivity contribution in [3.8, 4) is 5.75 Å². The molecule has 1 aromatic heterocycles. The smallest absolute Gasteiger partial charge is 0.119 e. The molecule has 0 fully saturated rings. The van der Waals surface area contributed by atoms with Gasteiger partial charge in [0.2, 0.25) is 0 Å². The van der Waals surface area contributed by atoms with Crippen LogP contribution in [0.4, 0.5) is 0 Å². The molecule has 2 N–H and O–H groups in total. The minimum absolute atomic E-state index is 0.160. The van der Waals surface area contributed by atoms with Crippen molar-refractivity contribution in [2.75, 3.05) is 6.61 Å². The summed E-state index contributed by atoms with van der Waals surface area (Å²) in [7, 11) is 0. The predicted molar refractivity (Wildman–Crippen MR) is 83.0 cm³/mol. The molecule has 0 amide bonds. The Hall–Kier alpha value is -1.91. The summed E-state index contributed by atoms with van der Waals surface area (Å²) in [4.78, 5) is 3.98. The van der Waals surface area contributed by atoms with Crippen molar-refractivity contribution in [2.24, 2.45) is 0 Å². The Labute approximate surface area is 125 Å². The number of hydrogen-bond acceptors (Lipinski definition) is 4. The van der Waals surface area contributed by atoms with Gasteiger partial charge in [0.25, 0.3) is 0 Å². The second-order valence-corrected chi connectivity index (χ2v) is 4.96. The zero-order chi connectivity index (χ0) is 14.9. The van der Waals surface area contributed by atoms with Crippen LogP contribution in [0.25, 0.3) is 0 Å². The largest absolute Gasteiger partial charge is 0.489 e. The fourth-order valence-corrected chi connectivity index (χ4v) is 1.95. The Morgan fingerprint density at radius 1 is 1.10 bits per heavy atom. The Morgan fingerprint density at radius 3 is 2.43 bits per heavy atom. The van der Waals surface area contributed by atoms with Crippen molar-refractivity contribution in [3.05, 3.63) is 59.9 Å². The third kappa shape index (κ3) is 5.17. The molecule has 0 spiro atoms. The zero-order valence-electron chi connectivity index (χ0n) is 12.3. The molecule has 0 saturated heterocycles. The lowest BCUT2D eigenvalue weighted by molar-refractivity contribution is 0.238. The van der Waals surface area contributed by atoms with Crippen molar-refractivity contribution in [1.29, 1.82) is 0 Å². The first-order valence-electron chi connectivity index (χ1n) is 7.26. The molecular formula is C17H22N2O2. The molecule has 2 aromatic rings. The van der Waals surface area contributed by atoms with Crippen molar-refractivity contribution in [2.45, 2.75) is 32.5 Å². The first kappa shape index (κ1) is 15.5. The summed E-state index contributed by atoms with van der Waals surface area (Å²) in [6, 6.07) is 12.1. The number of benzene rings is 1. The van der Waals surface area contributed by atoms with E-state index in [2.05, 4.69) is 17.2 Å². The van der Waals surface area contributed by atoms with Crippen LogP contribution < -0.4 is 10.1 Å². The summed E-state index contributed by atoms with van der Waals surface area (Å²) in [5.41, 5.74) is 2.28. The summed E-state index contributed by atoms with van der Waals surface area (Å²) in [6.45, 7) is 3.53. The van der Waals surface area contributed by atoms with Crippen LogP contribution in [0, 0.1) is 0 Å². The third-order valence-electron chi connectivity index (χ3n) is 3.39. The maximum Gasteiger partial charge on any atom is 0.119 e. The number of pyridine rings is 1. The monoisotopic (exact) mass is 286 g/mol. The van der Waals surface area contributed by atoms with Gasteiger partial charge in [0, 0.05) is 25.0 Å². The second-order valence-electron chi connectivity index (χ2n) is 4.96. The van der Waals surface area contributed by atoms with Crippen LogP contribution in [0.2, 0.25) is 0 Å². The molecule has 1 aromatic carbocycles. The van der Waals surface area contributed by atoms with E-state index in [4.69, 9.17) is 9.84 Å². The van der Waals surface area contributed by atoms with Gasteiger partial charge in [0.15, 0.2) is 0 Å². The molecule has 4 heteroatoms. The van der Waals surface area contributed by atoms with Gasteiger partial charge in [-0.2, -0.15) is 0 Å². The summed E-state index contributed by atoms with van der Waals surface area (Å²) in [6.07, 6.45) is 4.45. The number of aromatic nitrogens is 1. The number of ether oxygens (including phenoxy) is 1. The van der Waals surface area contributed by atoms with Crippen LogP contribution in [0.15, 0.2) is 48.8 Å². The molecular weight excluding hydrogens is 264 g/mol. The van der Waals surface area contributed by atoms with E-state index in [1.165, 1.54) is 5.56 Å². The highest BCUT2D eigenvalue weighted by Crippen LogP contribution is 2.14. The maximum atomic E-state index is 9.14. The lowest BCUT2D eigenvalue weighted by Crippen LogP contribution is -2.31. The van der Waals surface area contributed by atoms with Gasteiger partial charge in [-0.3, -0.25) is 4.98 Å². The molecule has 0 aliphatic heterocycles. The van der Waals surface area contributed by atoms with E-state index in [1.807, 2.05) is 36.4 Å².